The Balaban J connectivity index is 2.51. The topological polar surface area (TPSA) is 42.9 Å². The van der Waals surface area contributed by atoms with Gasteiger partial charge in [-0.15, -0.1) is 0 Å². The molecule has 0 aliphatic rings. The van der Waals surface area contributed by atoms with Crippen LogP contribution in [0.15, 0.2) is 24.4 Å². The van der Waals surface area contributed by atoms with Crippen LogP contribution in [-0.4, -0.2) is 14.5 Å². The Morgan fingerprint density at radius 3 is 2.47 bits per heavy atom. The molecule has 15 heavy (non-hydrogen) atoms. The molecule has 2 aromatic rings. The number of rotatable bonds is 2. The van der Waals surface area contributed by atoms with Crippen molar-refractivity contribution >= 4 is 17.5 Å². The summed E-state index contributed by atoms with van der Waals surface area (Å²) in [5.74, 6) is -2.58. The molecule has 0 radical (unpaired) electrons. The number of carbonyl (C=O) groups excluding carboxylic acids is 1. The van der Waals surface area contributed by atoms with Crippen molar-refractivity contribution in [1.29, 1.82) is 0 Å². The van der Waals surface area contributed by atoms with Crippen LogP contribution < -0.4 is 0 Å². The van der Waals surface area contributed by atoms with E-state index in [9.17, 15) is 13.6 Å². The van der Waals surface area contributed by atoms with E-state index in [2.05, 4.69) is 8.75 Å². The van der Waals surface area contributed by atoms with E-state index in [4.69, 9.17) is 0 Å². The molecule has 0 spiro atoms. The Kier molecular flexibility index (Phi) is 2.51. The molecule has 1 heterocycles. The minimum Gasteiger partial charge on any atom is -0.287 e. The van der Waals surface area contributed by atoms with Gasteiger partial charge in [-0.25, -0.2) is 8.78 Å². The molecule has 0 saturated heterocycles. The van der Waals surface area contributed by atoms with Gasteiger partial charge in [0.05, 0.1) is 23.5 Å². The molecule has 2 rings (SSSR count). The predicted molar refractivity (Wildman–Crippen MR) is 49.7 cm³/mol. The third kappa shape index (κ3) is 1.75. The number of ketones is 1. The Hall–Kier alpha value is -1.69. The maximum atomic E-state index is 13.2. The summed E-state index contributed by atoms with van der Waals surface area (Å²) in [5, 5.41) is 0. The first-order valence-corrected chi connectivity index (χ1v) is 4.69. The number of benzene rings is 1. The summed E-state index contributed by atoms with van der Waals surface area (Å²) in [4.78, 5) is 11.6. The zero-order valence-corrected chi connectivity index (χ0v) is 8.09. The average Bonchev–Trinajstić information content (AvgIpc) is 2.69. The molecular weight excluding hydrogens is 222 g/mol. The average molecular weight is 226 g/mol. The molecule has 3 nitrogen and oxygen atoms in total. The van der Waals surface area contributed by atoms with Crippen molar-refractivity contribution in [3.63, 3.8) is 0 Å². The Morgan fingerprint density at radius 2 is 1.93 bits per heavy atom. The lowest BCUT2D eigenvalue weighted by atomic mass is 10.1. The number of hydrogen-bond donors (Lipinski definition) is 0. The van der Waals surface area contributed by atoms with E-state index >= 15 is 0 Å². The lowest BCUT2D eigenvalue weighted by Crippen LogP contribution is -2.07. The van der Waals surface area contributed by atoms with Crippen LogP contribution in [0, 0.1) is 11.6 Å². The lowest BCUT2D eigenvalue weighted by molar-refractivity contribution is 0.102. The van der Waals surface area contributed by atoms with Gasteiger partial charge in [-0.05, 0) is 12.1 Å². The van der Waals surface area contributed by atoms with E-state index < -0.39 is 23.0 Å². The number of nitrogens with zero attached hydrogens (tertiary/aromatic N) is 2. The monoisotopic (exact) mass is 226 g/mol. The highest BCUT2D eigenvalue weighted by molar-refractivity contribution is 6.99. The van der Waals surface area contributed by atoms with Crippen molar-refractivity contribution in [3.05, 3.63) is 47.3 Å². The summed E-state index contributed by atoms with van der Waals surface area (Å²) in [6, 6.07) is 3.24. The van der Waals surface area contributed by atoms with Crippen LogP contribution in [0.3, 0.4) is 0 Å². The largest absolute Gasteiger partial charge is 0.287 e. The summed E-state index contributed by atoms with van der Waals surface area (Å²) in [6.45, 7) is 0. The zero-order chi connectivity index (χ0) is 10.8. The molecule has 0 bridgehead atoms. The van der Waals surface area contributed by atoms with Crippen molar-refractivity contribution in [2.75, 3.05) is 0 Å². The smallest absolute Gasteiger partial charge is 0.220 e. The standard InChI is InChI=1S/C9H4F2N2OS/c10-5-2-1-3-6(11)8(5)9(14)7-4-12-15-13-7/h1-4H. The Morgan fingerprint density at radius 1 is 1.27 bits per heavy atom. The van der Waals surface area contributed by atoms with Gasteiger partial charge in [-0.1, -0.05) is 6.07 Å². The van der Waals surface area contributed by atoms with Gasteiger partial charge in [0.15, 0.2) is 0 Å². The normalized spacial score (nSPS) is 10.3. The second-order valence-corrected chi connectivity index (χ2v) is 3.28. The van der Waals surface area contributed by atoms with Gasteiger partial charge in [-0.2, -0.15) is 8.75 Å². The minimum absolute atomic E-state index is 0.0519. The highest BCUT2D eigenvalue weighted by Gasteiger charge is 2.20. The van der Waals surface area contributed by atoms with E-state index in [0.29, 0.717) is 0 Å². The van der Waals surface area contributed by atoms with Crippen LogP contribution in [0.1, 0.15) is 16.1 Å². The quantitative estimate of drug-likeness (QED) is 0.736. The van der Waals surface area contributed by atoms with Gasteiger partial charge in [0.1, 0.15) is 17.3 Å². The lowest BCUT2D eigenvalue weighted by Gasteiger charge is -2.00. The van der Waals surface area contributed by atoms with Gasteiger partial charge < -0.3 is 0 Å². The maximum absolute atomic E-state index is 13.2. The molecule has 0 N–H and O–H groups in total. The fraction of sp³-hybridized carbons (Fsp3) is 0. The molecule has 6 heteroatoms. The molecule has 0 fully saturated rings. The first-order valence-electron chi connectivity index (χ1n) is 3.96. The molecule has 76 valence electrons. The van der Waals surface area contributed by atoms with E-state index in [1.54, 1.807) is 0 Å². The molecular formula is C9H4F2N2OS. The molecule has 0 saturated carbocycles. The SMILES string of the molecule is O=C(c1cnsn1)c1c(F)cccc1F. The molecule has 0 unspecified atom stereocenters. The van der Waals surface area contributed by atoms with Gasteiger partial charge in [0, 0.05) is 0 Å². The van der Waals surface area contributed by atoms with Crippen LogP contribution in [0.2, 0.25) is 0 Å². The van der Waals surface area contributed by atoms with Crippen molar-refractivity contribution in [3.8, 4) is 0 Å². The highest BCUT2D eigenvalue weighted by atomic mass is 32.1. The third-order valence-corrected chi connectivity index (χ3v) is 2.26. The van der Waals surface area contributed by atoms with Crippen LogP contribution in [0.4, 0.5) is 8.78 Å². The third-order valence-electron chi connectivity index (χ3n) is 1.78. The maximum Gasteiger partial charge on any atom is 0.220 e. The van der Waals surface area contributed by atoms with E-state index in [-0.39, 0.29) is 5.69 Å². The summed E-state index contributed by atoms with van der Waals surface area (Å²) in [7, 11) is 0. The van der Waals surface area contributed by atoms with Gasteiger partial charge in [0.2, 0.25) is 5.78 Å². The summed E-state index contributed by atoms with van der Waals surface area (Å²) >= 11 is 0.809. The van der Waals surface area contributed by atoms with E-state index in [1.807, 2.05) is 0 Å². The minimum atomic E-state index is -0.895. The number of halogens is 2. The molecule has 0 atom stereocenters. The van der Waals surface area contributed by atoms with E-state index in [0.717, 1.165) is 23.9 Å². The van der Waals surface area contributed by atoms with E-state index in [1.165, 1.54) is 12.3 Å². The van der Waals surface area contributed by atoms with Crippen LogP contribution in [-0.2, 0) is 0 Å². The highest BCUT2D eigenvalue weighted by Crippen LogP contribution is 2.15. The van der Waals surface area contributed by atoms with Crippen LogP contribution >= 0.6 is 11.7 Å². The van der Waals surface area contributed by atoms with Crippen LogP contribution in [0.25, 0.3) is 0 Å². The Bertz CT molecular complexity index is 479. The van der Waals surface area contributed by atoms with Gasteiger partial charge >= 0.3 is 0 Å². The molecule has 0 amide bonds. The zero-order valence-electron chi connectivity index (χ0n) is 7.28. The second-order valence-electron chi connectivity index (χ2n) is 2.72. The molecule has 1 aromatic heterocycles. The second kappa shape index (κ2) is 3.82. The number of aromatic nitrogens is 2. The predicted octanol–water partition coefficient (Wildman–Crippen LogP) is 2.05. The van der Waals surface area contributed by atoms with Crippen molar-refractivity contribution in [2.24, 2.45) is 0 Å². The fourth-order valence-corrected chi connectivity index (χ4v) is 1.52. The Labute approximate surface area is 87.7 Å². The number of hydrogen-bond acceptors (Lipinski definition) is 4. The number of carbonyl (C=O) groups is 1. The molecule has 1 aromatic carbocycles. The molecule has 0 aliphatic carbocycles. The van der Waals surface area contributed by atoms with Gasteiger partial charge in [0.25, 0.3) is 0 Å². The fourth-order valence-electron chi connectivity index (χ4n) is 1.11. The van der Waals surface area contributed by atoms with Crippen molar-refractivity contribution < 1.29 is 13.6 Å². The first kappa shape index (κ1) is 9.85. The van der Waals surface area contributed by atoms with Gasteiger partial charge in [-0.3, -0.25) is 4.79 Å². The summed E-state index contributed by atoms with van der Waals surface area (Å²) in [5.41, 5.74) is -0.644. The summed E-state index contributed by atoms with van der Waals surface area (Å²) in [6.07, 6.45) is 1.18. The summed E-state index contributed by atoms with van der Waals surface area (Å²) < 4.78 is 33.6. The van der Waals surface area contributed by atoms with Crippen molar-refractivity contribution in [1.82, 2.24) is 8.75 Å². The van der Waals surface area contributed by atoms with Crippen LogP contribution in [0.5, 0.6) is 0 Å². The molecule has 0 aliphatic heterocycles. The first-order chi connectivity index (χ1) is 7.20. The van der Waals surface area contributed by atoms with Crippen molar-refractivity contribution in [2.45, 2.75) is 0 Å².